The Morgan fingerprint density at radius 3 is 1.07 bits per heavy atom. The molecule has 145 heavy (non-hydrogen) atoms. The summed E-state index contributed by atoms with van der Waals surface area (Å²) < 4.78 is 32.0. The van der Waals surface area contributed by atoms with Gasteiger partial charge in [0.2, 0.25) is 0 Å². The molecule has 0 aromatic heterocycles. The Morgan fingerprint density at radius 2 is 0.690 bits per heavy atom. The molecule has 0 bridgehead atoms. The van der Waals surface area contributed by atoms with E-state index >= 15 is 0 Å². The maximum Gasteiger partial charge on any atom is 0.263 e. The molecule has 0 radical (unpaired) electrons. The molecule has 0 saturated heterocycles. The third-order valence-electron chi connectivity index (χ3n) is 28.4. The second-order valence-electron chi connectivity index (χ2n) is 40.0. The quantitative estimate of drug-likeness (QED) is 0.0287. The van der Waals surface area contributed by atoms with Crippen molar-refractivity contribution in [2.45, 2.75) is 216 Å². The van der Waals surface area contributed by atoms with Gasteiger partial charge in [-0.1, -0.05) is 154 Å². The molecule has 4 atom stereocenters. The topological polar surface area (TPSA) is 174 Å². The zero-order chi connectivity index (χ0) is 104. The van der Waals surface area contributed by atoms with E-state index in [0.717, 1.165) is 206 Å². The lowest BCUT2D eigenvalue weighted by molar-refractivity contribution is 0.0969. The number of benzene rings is 10. The second kappa shape index (κ2) is 48.7. The van der Waals surface area contributed by atoms with E-state index in [1.54, 1.807) is 21.6 Å². The van der Waals surface area contributed by atoms with Crippen LogP contribution in [0.5, 0.6) is 46.0 Å². The van der Waals surface area contributed by atoms with Gasteiger partial charge in [0.25, 0.3) is 23.6 Å². The number of phenols is 1. The Morgan fingerprint density at radius 1 is 0.345 bits per heavy atom. The van der Waals surface area contributed by atoms with Crippen LogP contribution in [0.2, 0.25) is 0 Å². The van der Waals surface area contributed by atoms with Crippen molar-refractivity contribution in [3.8, 4) is 46.0 Å². The van der Waals surface area contributed by atoms with Gasteiger partial charge in [-0.2, -0.15) is 0 Å². The van der Waals surface area contributed by atoms with E-state index in [-0.39, 0.29) is 64.4 Å². The summed E-state index contributed by atoms with van der Waals surface area (Å²) in [5.74, 6) is 5.61. The average molecular weight is 1980 g/mol. The summed E-state index contributed by atoms with van der Waals surface area (Å²) in [6.07, 6.45) is 22.0. The highest BCUT2D eigenvalue weighted by Crippen LogP contribution is 2.54. The highest BCUT2D eigenvalue weighted by Gasteiger charge is 2.42. The van der Waals surface area contributed by atoms with E-state index in [4.69, 9.17) is 23.7 Å². The molecule has 4 unspecified atom stereocenters. The number of carbonyl (C=O) groups is 4. The van der Waals surface area contributed by atoms with Crippen LogP contribution in [0.1, 0.15) is 229 Å². The summed E-state index contributed by atoms with van der Waals surface area (Å²) in [6.45, 7) is 50.1. The van der Waals surface area contributed by atoms with Crippen LogP contribution in [0, 0.1) is 0 Å². The number of carbonyl (C=O) groups excluding carboxylic acids is 4. The monoisotopic (exact) mass is 1980 g/mol. The van der Waals surface area contributed by atoms with Crippen molar-refractivity contribution in [2.24, 2.45) is 0 Å². The van der Waals surface area contributed by atoms with Crippen LogP contribution in [0.25, 0.3) is 0 Å². The Kier molecular flexibility index (Phi) is 36.2. The van der Waals surface area contributed by atoms with Crippen molar-refractivity contribution < 1.29 is 48.0 Å². The van der Waals surface area contributed by atoms with Crippen LogP contribution in [-0.2, 0) is 10.8 Å². The number of fused-ring (bicyclic) bond motifs is 8. The Balaban J connectivity index is 0.000000199. The highest BCUT2D eigenvalue weighted by molar-refractivity contribution is 8.03. The summed E-state index contributed by atoms with van der Waals surface area (Å²) in [7, 11) is 8.22. The number of hydrogen-bond acceptors (Lipinski definition) is 19. The number of thioether (sulfide) groups is 1. The molecule has 4 aliphatic heterocycles. The molecule has 6 aliphatic rings. The molecule has 4 heterocycles. The van der Waals surface area contributed by atoms with Crippen molar-refractivity contribution in [1.29, 1.82) is 0 Å². The molecule has 2 aliphatic carbocycles. The van der Waals surface area contributed by atoms with Crippen LogP contribution in [0.3, 0.4) is 0 Å². The fourth-order valence-corrected chi connectivity index (χ4v) is 21.2. The molecule has 22 nitrogen and oxygen atoms in total. The minimum atomic E-state index is -0.355. The number of nitrogens with zero attached hydrogens (tertiary/aromatic N) is 12. The molecule has 16 rings (SSSR count). The molecular weight excluding hydrogens is 1830 g/mol. The summed E-state index contributed by atoms with van der Waals surface area (Å²) in [5, 5.41) is 11.3. The van der Waals surface area contributed by atoms with Gasteiger partial charge < -0.3 is 58.2 Å². The molecule has 23 heteroatoms. The van der Waals surface area contributed by atoms with Crippen LogP contribution in [-0.4, -0.2) is 183 Å². The maximum absolute atomic E-state index is 14.7. The summed E-state index contributed by atoms with van der Waals surface area (Å²) in [5.41, 5.74) is 14.4. The number of hydrogen-bond donors (Lipinski definition) is 1. The molecular formula is C122H154N12O10S. The third-order valence-corrected chi connectivity index (χ3v) is 29.6. The minimum absolute atomic E-state index is 0.0311. The number of likely N-dealkylation sites (N-methyl/N-ethyl adjacent to an activating group) is 2. The molecule has 0 saturated carbocycles. The number of aromatic hydroxyl groups is 1. The molecule has 10 aromatic rings. The van der Waals surface area contributed by atoms with Gasteiger partial charge in [-0.25, -0.2) is 0 Å². The molecule has 10 aromatic carbocycles. The Bertz CT molecular complexity index is 5900. The fourth-order valence-electron chi connectivity index (χ4n) is 19.9. The first kappa shape index (κ1) is 108. The van der Waals surface area contributed by atoms with E-state index in [0.29, 0.717) is 64.2 Å². The fraction of sp³-hybridized carbons (Fsp3) is 0.410. The minimum Gasteiger partial charge on any atom is -0.507 e. The van der Waals surface area contributed by atoms with Gasteiger partial charge >= 0.3 is 0 Å². The lowest BCUT2D eigenvalue weighted by Gasteiger charge is -2.41. The standard InChI is InChI=1S/C64H80N6O6.C35H49N3O3.C23H25N3OS/c1-9-65(10-2)49-29-37-55-59(43-49)75-60-44-50(66(11-3)12-4)30-38-56(60)69(55)63(71)47-25-33-53(34-26-47)73-41-23-21-19-17-18-20-22-24-42-74-54-35-27-48(28-36-54)64(72)70-57-39-31-51(67(13-5)14-6)45-61(57)76-62-46-52(32-40-58(62)70)68(15-7)16-8;1-11-36(12-2)24-15-17-28-30(21-24)41-31-22-25(37(13-3)14-4)16-18-29(31)38(28)33(40)23-19-26(34(5,6)7)32(39)27(20-23)35(8,9)10;1-24(2)17-10-12-19-21(14-17)28-22-15-18(25(3)4)11-13-20(22)26(19)23(27)16-8-6-5-7-9-16/h25-40,43-46H,9-24,41-42H2,1-8H3;15-22,24,28,39H,11-14H2,1-10H3;5-15,17,19H,1-4H3. The van der Waals surface area contributed by atoms with Crippen molar-refractivity contribution in [2.75, 3.05) is 169 Å². The smallest absolute Gasteiger partial charge is 0.263 e. The number of rotatable bonds is 37. The summed E-state index contributed by atoms with van der Waals surface area (Å²) in [6, 6.07) is 65.2. The van der Waals surface area contributed by atoms with E-state index in [2.05, 4.69) is 269 Å². The highest BCUT2D eigenvalue weighted by atomic mass is 32.2. The third kappa shape index (κ3) is 24.5. The lowest BCUT2D eigenvalue weighted by atomic mass is 9.78. The number of anilines is 12. The van der Waals surface area contributed by atoms with Crippen molar-refractivity contribution in [1.82, 2.24) is 9.80 Å². The lowest BCUT2D eigenvalue weighted by Crippen LogP contribution is -2.47. The first-order valence-corrected chi connectivity index (χ1v) is 53.6. The molecule has 0 spiro atoms. The van der Waals surface area contributed by atoms with Crippen LogP contribution in [0.4, 0.5) is 68.2 Å². The van der Waals surface area contributed by atoms with Gasteiger partial charge in [-0.3, -0.25) is 48.6 Å². The predicted molar refractivity (Wildman–Crippen MR) is 603 cm³/mol. The number of ether oxygens (including phenoxy) is 5. The number of amides is 4. The van der Waals surface area contributed by atoms with Gasteiger partial charge in [-0.15, -0.1) is 0 Å². The first-order chi connectivity index (χ1) is 69.9. The molecule has 0 fully saturated rings. The maximum atomic E-state index is 14.7. The second-order valence-corrected chi connectivity index (χ2v) is 41.1. The van der Waals surface area contributed by atoms with Crippen molar-refractivity contribution in [3.05, 3.63) is 281 Å². The van der Waals surface area contributed by atoms with E-state index < -0.39 is 0 Å². The van der Waals surface area contributed by atoms with Gasteiger partial charge in [0.05, 0.1) is 53.4 Å². The van der Waals surface area contributed by atoms with Crippen LogP contribution >= 0.6 is 11.8 Å². The first-order valence-electron chi connectivity index (χ1n) is 52.8. The van der Waals surface area contributed by atoms with Gasteiger partial charge in [-0.05, 0) is 278 Å². The molecule has 768 valence electrons. The number of unbranched alkanes of at least 4 members (excludes halogenated alkanes) is 7. The Hall–Kier alpha value is -13.1. The van der Waals surface area contributed by atoms with Gasteiger partial charge in [0.1, 0.15) is 29.0 Å². The van der Waals surface area contributed by atoms with Crippen LogP contribution < -0.4 is 72.7 Å². The van der Waals surface area contributed by atoms with Crippen molar-refractivity contribution in [3.63, 3.8) is 0 Å². The van der Waals surface area contributed by atoms with E-state index in [1.807, 2.05) is 169 Å². The van der Waals surface area contributed by atoms with E-state index in [9.17, 15) is 24.3 Å². The molecule has 1 N–H and O–H groups in total. The van der Waals surface area contributed by atoms with E-state index in [1.165, 1.54) is 30.6 Å². The van der Waals surface area contributed by atoms with Gasteiger partial charge in [0, 0.05) is 199 Å². The predicted octanol–water partition coefficient (Wildman–Crippen LogP) is 27.5. The number of phenolic OH excluding ortho intramolecular Hbond substituents is 1. The average Bonchev–Trinajstić information content (AvgIpc) is 0.765. The zero-order valence-corrected chi connectivity index (χ0v) is 90.6. The van der Waals surface area contributed by atoms with Crippen LogP contribution in [0.15, 0.2) is 252 Å². The largest absolute Gasteiger partial charge is 0.507 e. The zero-order valence-electron chi connectivity index (χ0n) is 89.8. The van der Waals surface area contributed by atoms with Gasteiger partial charge in [0.15, 0.2) is 28.7 Å². The summed E-state index contributed by atoms with van der Waals surface area (Å²) >= 11 is 1.77. The normalized spacial score (nSPS) is 15.5. The summed E-state index contributed by atoms with van der Waals surface area (Å²) in [4.78, 5) is 84.6. The SMILES string of the molecule is CCN(CC)c1ccc2c(c1)OC1=CC(N(CC)CC)C=CC1N2C(=O)c1cc(C(C)(C)C)c(O)c(C(C)(C)C)c1.CCN(CC)c1ccc2c(c1)Oc1cc(N(CC)CC)ccc1N2C(=O)c1ccc(OCCCCCCCCCCOc2ccc(C(=O)N3c4ccc(N(CC)CC)cc4Oc4cc(N(CC)CC)ccc43)cc2)cc1.CN(C)c1ccc2c(c1)SC1=CC(N(C)C)C=CC1N2C(=O)c1ccccc1. The Labute approximate surface area is 867 Å². The van der Waals surface area contributed by atoms with Crippen molar-refractivity contribution >= 4 is 104 Å². The molecule has 4 amide bonds.